The standard InChI is InChI=1S/C8H8F3NO4/c1-15-5-2-12-4(3-13)7(6(5)14)16-8(9,10)11/h2,13H,3H2,1H3,(H,12,14). The summed E-state index contributed by atoms with van der Waals surface area (Å²) in [5.74, 6) is -1.36. The number of methoxy groups -OCH3 is 1. The van der Waals surface area contributed by atoms with Crippen molar-refractivity contribution in [2.45, 2.75) is 13.0 Å². The molecule has 0 unspecified atom stereocenters. The minimum Gasteiger partial charge on any atom is -0.491 e. The number of aliphatic hydroxyl groups is 1. The summed E-state index contributed by atoms with van der Waals surface area (Å²) >= 11 is 0. The summed E-state index contributed by atoms with van der Waals surface area (Å²) in [5, 5.41) is 8.75. The van der Waals surface area contributed by atoms with Gasteiger partial charge in [-0.2, -0.15) is 0 Å². The fourth-order valence-corrected chi connectivity index (χ4v) is 1.03. The lowest BCUT2D eigenvalue weighted by atomic mass is 10.3. The van der Waals surface area contributed by atoms with E-state index in [1.165, 1.54) is 0 Å². The van der Waals surface area contributed by atoms with Crippen molar-refractivity contribution in [2.75, 3.05) is 7.11 Å². The maximum absolute atomic E-state index is 12.0. The molecule has 0 bridgehead atoms. The Morgan fingerprint density at radius 1 is 1.50 bits per heavy atom. The minimum absolute atomic E-state index is 0.337. The normalized spacial score (nSPS) is 11.3. The SMILES string of the molecule is COc1c[nH]c(CO)c(OC(F)(F)F)c1=O. The van der Waals surface area contributed by atoms with E-state index in [-0.39, 0.29) is 11.4 Å². The molecule has 2 N–H and O–H groups in total. The summed E-state index contributed by atoms with van der Waals surface area (Å²) in [4.78, 5) is 13.6. The van der Waals surface area contributed by atoms with E-state index in [0.29, 0.717) is 0 Å². The predicted molar refractivity (Wildman–Crippen MR) is 46.2 cm³/mol. The van der Waals surface area contributed by atoms with Crippen molar-refractivity contribution >= 4 is 0 Å². The van der Waals surface area contributed by atoms with Crippen molar-refractivity contribution in [1.82, 2.24) is 4.98 Å². The van der Waals surface area contributed by atoms with Crippen molar-refractivity contribution < 1.29 is 27.8 Å². The van der Waals surface area contributed by atoms with Crippen LogP contribution in [0.5, 0.6) is 11.5 Å². The molecule has 1 aromatic rings. The molecule has 8 heteroatoms. The fourth-order valence-electron chi connectivity index (χ4n) is 1.03. The van der Waals surface area contributed by atoms with E-state index >= 15 is 0 Å². The number of alkyl halides is 3. The summed E-state index contributed by atoms with van der Waals surface area (Å²) in [6.45, 7) is -0.787. The van der Waals surface area contributed by atoms with Gasteiger partial charge in [-0.05, 0) is 0 Å². The van der Waals surface area contributed by atoms with Crippen LogP contribution in [0.25, 0.3) is 0 Å². The van der Waals surface area contributed by atoms with E-state index < -0.39 is 24.1 Å². The van der Waals surface area contributed by atoms with Gasteiger partial charge in [0.25, 0.3) is 5.43 Å². The first-order chi connectivity index (χ1) is 7.39. The number of pyridine rings is 1. The van der Waals surface area contributed by atoms with E-state index in [9.17, 15) is 18.0 Å². The smallest absolute Gasteiger partial charge is 0.491 e. The molecule has 0 aliphatic rings. The molecule has 0 amide bonds. The highest BCUT2D eigenvalue weighted by molar-refractivity contribution is 5.35. The third kappa shape index (κ3) is 2.66. The maximum atomic E-state index is 12.0. The van der Waals surface area contributed by atoms with Crippen LogP contribution in [-0.4, -0.2) is 23.6 Å². The van der Waals surface area contributed by atoms with Crippen molar-refractivity contribution in [1.29, 1.82) is 0 Å². The van der Waals surface area contributed by atoms with Crippen LogP contribution < -0.4 is 14.9 Å². The number of hydrogen-bond acceptors (Lipinski definition) is 4. The quantitative estimate of drug-likeness (QED) is 0.817. The van der Waals surface area contributed by atoms with Crippen LogP contribution in [0.4, 0.5) is 13.2 Å². The zero-order valence-electron chi connectivity index (χ0n) is 8.09. The molecule has 0 aromatic carbocycles. The number of hydrogen-bond donors (Lipinski definition) is 2. The van der Waals surface area contributed by atoms with Gasteiger partial charge >= 0.3 is 6.36 Å². The summed E-state index contributed by atoms with van der Waals surface area (Å²) in [6, 6.07) is 0. The van der Waals surface area contributed by atoms with E-state index in [1.807, 2.05) is 0 Å². The zero-order valence-corrected chi connectivity index (χ0v) is 8.09. The summed E-state index contributed by atoms with van der Waals surface area (Å²) in [5.41, 5.74) is -1.45. The second-order valence-electron chi connectivity index (χ2n) is 2.70. The molecule has 1 aromatic heterocycles. The number of nitrogens with one attached hydrogen (secondary N) is 1. The molecule has 1 rings (SSSR count). The lowest BCUT2D eigenvalue weighted by molar-refractivity contribution is -0.275. The Kier molecular flexibility index (Phi) is 3.43. The van der Waals surface area contributed by atoms with E-state index in [1.54, 1.807) is 0 Å². The number of aliphatic hydroxyl groups excluding tert-OH is 1. The average Bonchev–Trinajstić information content (AvgIpc) is 2.19. The van der Waals surface area contributed by atoms with Gasteiger partial charge in [0.05, 0.1) is 19.4 Å². The van der Waals surface area contributed by atoms with Crippen LogP contribution in [0.3, 0.4) is 0 Å². The van der Waals surface area contributed by atoms with Crippen LogP contribution in [0, 0.1) is 0 Å². The van der Waals surface area contributed by atoms with Gasteiger partial charge in [-0.15, -0.1) is 13.2 Å². The van der Waals surface area contributed by atoms with Gasteiger partial charge in [-0.1, -0.05) is 0 Å². The van der Waals surface area contributed by atoms with Gasteiger partial charge < -0.3 is 19.6 Å². The number of ether oxygens (including phenoxy) is 2. The first kappa shape index (κ1) is 12.4. The Hall–Kier alpha value is -1.70. The summed E-state index contributed by atoms with van der Waals surface area (Å²) in [7, 11) is 1.13. The van der Waals surface area contributed by atoms with Crippen LogP contribution in [0.1, 0.15) is 5.69 Å². The first-order valence-corrected chi connectivity index (χ1v) is 4.04. The van der Waals surface area contributed by atoms with Crippen molar-refractivity contribution in [3.63, 3.8) is 0 Å². The number of rotatable bonds is 3. The van der Waals surface area contributed by atoms with Gasteiger partial charge in [0.15, 0.2) is 5.75 Å². The Bertz CT molecular complexity index is 426. The molecule has 0 saturated carbocycles. The Balaban J connectivity index is 3.27. The van der Waals surface area contributed by atoms with Crippen molar-refractivity contribution in [3.05, 3.63) is 22.1 Å². The molecule has 16 heavy (non-hydrogen) atoms. The Morgan fingerprint density at radius 2 is 2.12 bits per heavy atom. The summed E-state index contributed by atoms with van der Waals surface area (Å²) in [6.07, 6.45) is -3.97. The fraction of sp³-hybridized carbons (Fsp3) is 0.375. The molecule has 0 radical (unpaired) electrons. The Morgan fingerprint density at radius 3 is 2.56 bits per heavy atom. The van der Waals surface area contributed by atoms with E-state index in [4.69, 9.17) is 5.11 Å². The molecule has 0 saturated heterocycles. The molecule has 0 spiro atoms. The average molecular weight is 239 g/mol. The third-order valence-corrected chi connectivity index (χ3v) is 1.68. The molecular weight excluding hydrogens is 231 g/mol. The second kappa shape index (κ2) is 4.44. The molecule has 0 atom stereocenters. The van der Waals surface area contributed by atoms with E-state index in [2.05, 4.69) is 14.5 Å². The minimum atomic E-state index is -5.01. The molecule has 90 valence electrons. The van der Waals surface area contributed by atoms with Gasteiger partial charge in [0.2, 0.25) is 5.75 Å². The number of aromatic nitrogens is 1. The topological polar surface area (TPSA) is 71.6 Å². The molecule has 0 aliphatic heterocycles. The molecule has 0 aliphatic carbocycles. The molecule has 1 heterocycles. The molecule has 5 nitrogen and oxygen atoms in total. The zero-order chi connectivity index (χ0) is 12.3. The van der Waals surface area contributed by atoms with Gasteiger partial charge in [0, 0.05) is 6.20 Å². The largest absolute Gasteiger partial charge is 0.573 e. The van der Waals surface area contributed by atoms with Gasteiger partial charge in [-0.3, -0.25) is 4.79 Å². The predicted octanol–water partition coefficient (Wildman–Crippen LogP) is 0.774. The number of aromatic amines is 1. The van der Waals surface area contributed by atoms with Crippen LogP contribution >= 0.6 is 0 Å². The Labute approximate surface area is 87.4 Å². The van der Waals surface area contributed by atoms with Crippen LogP contribution in [0.15, 0.2) is 11.0 Å². The lowest BCUT2D eigenvalue weighted by Gasteiger charge is -2.12. The van der Waals surface area contributed by atoms with Crippen LogP contribution in [-0.2, 0) is 6.61 Å². The summed E-state index contributed by atoms with van der Waals surface area (Å²) < 4.78 is 44.0. The highest BCUT2D eigenvalue weighted by atomic mass is 19.4. The highest BCUT2D eigenvalue weighted by Crippen LogP contribution is 2.23. The monoisotopic (exact) mass is 239 g/mol. The third-order valence-electron chi connectivity index (χ3n) is 1.68. The second-order valence-corrected chi connectivity index (χ2v) is 2.70. The van der Waals surface area contributed by atoms with Crippen molar-refractivity contribution in [3.8, 4) is 11.5 Å². The van der Waals surface area contributed by atoms with Gasteiger partial charge in [0.1, 0.15) is 0 Å². The highest BCUT2D eigenvalue weighted by Gasteiger charge is 2.34. The lowest BCUT2D eigenvalue weighted by Crippen LogP contribution is -2.24. The van der Waals surface area contributed by atoms with Gasteiger partial charge in [-0.25, -0.2) is 0 Å². The van der Waals surface area contributed by atoms with Crippen LogP contribution in [0.2, 0.25) is 0 Å². The maximum Gasteiger partial charge on any atom is 0.573 e. The number of H-pyrrole nitrogens is 1. The first-order valence-electron chi connectivity index (χ1n) is 4.04. The van der Waals surface area contributed by atoms with Crippen molar-refractivity contribution in [2.24, 2.45) is 0 Å². The number of halogens is 3. The molecular formula is C8H8F3NO4. The van der Waals surface area contributed by atoms with E-state index in [0.717, 1.165) is 13.3 Å². The molecule has 0 fully saturated rings.